The fourth-order valence-corrected chi connectivity index (χ4v) is 1.76. The van der Waals surface area contributed by atoms with Crippen LogP contribution >= 0.6 is 22.6 Å². The Bertz CT molecular complexity index is 474. The van der Waals surface area contributed by atoms with E-state index < -0.39 is 0 Å². The van der Waals surface area contributed by atoms with E-state index in [1.54, 1.807) is 12.1 Å². The van der Waals surface area contributed by atoms with Crippen molar-refractivity contribution in [1.29, 1.82) is 0 Å². The highest BCUT2D eigenvalue weighted by atomic mass is 127. The Labute approximate surface area is 102 Å². The van der Waals surface area contributed by atoms with Crippen LogP contribution in [0.1, 0.15) is 5.56 Å². The second-order valence-corrected chi connectivity index (χ2v) is 4.66. The summed E-state index contributed by atoms with van der Waals surface area (Å²) in [4.78, 5) is 0. The zero-order chi connectivity index (χ0) is 10.8. The fraction of sp³-hybridized carbons (Fsp3) is 0.0769. The lowest BCUT2D eigenvalue weighted by atomic mass is 10.0. The van der Waals surface area contributed by atoms with Crippen LogP contribution in [0, 0.1) is 16.3 Å². The van der Waals surface area contributed by atoms with Gasteiger partial charge < -0.3 is 0 Å². The normalized spacial score (nSPS) is 10.3. The van der Waals surface area contributed by atoms with Crippen LogP contribution in [0.3, 0.4) is 0 Å². The van der Waals surface area contributed by atoms with Crippen molar-refractivity contribution >= 4 is 22.6 Å². The Kier molecular flexibility index (Phi) is 3.05. The van der Waals surface area contributed by atoms with Gasteiger partial charge in [-0.05, 0) is 52.8 Å². The van der Waals surface area contributed by atoms with Crippen LogP contribution in [0.4, 0.5) is 4.39 Å². The molecule has 0 N–H and O–H groups in total. The smallest absolute Gasteiger partial charge is 0.137 e. The lowest BCUT2D eigenvalue weighted by Crippen LogP contribution is -1.84. The van der Waals surface area contributed by atoms with Crippen LogP contribution in [-0.2, 0) is 0 Å². The predicted molar refractivity (Wildman–Crippen MR) is 69.3 cm³/mol. The minimum atomic E-state index is -0.159. The van der Waals surface area contributed by atoms with Gasteiger partial charge in [0.15, 0.2) is 0 Å². The zero-order valence-electron chi connectivity index (χ0n) is 8.30. The molecule has 0 radical (unpaired) electrons. The molecule has 0 fully saturated rings. The summed E-state index contributed by atoms with van der Waals surface area (Å²) in [5, 5.41) is 0. The van der Waals surface area contributed by atoms with Gasteiger partial charge in [0.05, 0.1) is 0 Å². The highest BCUT2D eigenvalue weighted by Gasteiger charge is 2.02. The minimum absolute atomic E-state index is 0.159. The lowest BCUT2D eigenvalue weighted by Gasteiger charge is -2.03. The molecule has 2 heteroatoms. The predicted octanol–water partition coefficient (Wildman–Crippen LogP) is 4.41. The molecule has 0 unspecified atom stereocenters. The molecule has 0 saturated carbocycles. The van der Waals surface area contributed by atoms with Gasteiger partial charge in [0.1, 0.15) is 5.82 Å². The molecule has 0 heterocycles. The van der Waals surface area contributed by atoms with Gasteiger partial charge in [-0.2, -0.15) is 0 Å². The monoisotopic (exact) mass is 312 g/mol. The maximum absolute atomic E-state index is 13.3. The number of halogens is 2. The van der Waals surface area contributed by atoms with E-state index in [0.29, 0.717) is 3.57 Å². The fourth-order valence-electron chi connectivity index (χ4n) is 1.42. The molecular formula is C13H10FI. The molecule has 0 aliphatic carbocycles. The van der Waals surface area contributed by atoms with Crippen LogP contribution in [0.25, 0.3) is 11.1 Å². The Hall–Kier alpha value is -0.900. The lowest BCUT2D eigenvalue weighted by molar-refractivity contribution is 0.621. The highest BCUT2D eigenvalue weighted by Crippen LogP contribution is 2.22. The van der Waals surface area contributed by atoms with Crippen molar-refractivity contribution in [3.8, 4) is 11.1 Å². The van der Waals surface area contributed by atoms with Crippen molar-refractivity contribution in [3.05, 3.63) is 57.4 Å². The van der Waals surface area contributed by atoms with Crippen LogP contribution in [0.2, 0.25) is 0 Å². The second kappa shape index (κ2) is 4.31. The van der Waals surface area contributed by atoms with E-state index in [4.69, 9.17) is 0 Å². The standard InChI is InChI=1S/C13H10FI/c1-9-2-4-10(5-3-9)11-6-7-13(15)12(14)8-11/h2-8H,1H3. The molecule has 2 aromatic carbocycles. The summed E-state index contributed by atoms with van der Waals surface area (Å²) >= 11 is 1.99. The first-order valence-corrected chi connectivity index (χ1v) is 5.77. The van der Waals surface area contributed by atoms with E-state index in [0.717, 1.165) is 11.1 Å². The summed E-state index contributed by atoms with van der Waals surface area (Å²) in [6, 6.07) is 13.4. The highest BCUT2D eigenvalue weighted by molar-refractivity contribution is 14.1. The van der Waals surface area contributed by atoms with Crippen molar-refractivity contribution in [3.63, 3.8) is 0 Å². The number of benzene rings is 2. The van der Waals surface area contributed by atoms with E-state index in [1.807, 2.05) is 59.8 Å². The summed E-state index contributed by atoms with van der Waals surface area (Å²) in [6.45, 7) is 2.04. The molecule has 0 bridgehead atoms. The first kappa shape index (κ1) is 10.6. The number of rotatable bonds is 1. The molecule has 0 nitrogen and oxygen atoms in total. The van der Waals surface area contributed by atoms with Crippen LogP contribution in [0.5, 0.6) is 0 Å². The maximum Gasteiger partial charge on any atom is 0.137 e. The third kappa shape index (κ3) is 2.37. The average molecular weight is 312 g/mol. The molecule has 0 amide bonds. The van der Waals surface area contributed by atoms with Crippen molar-refractivity contribution < 1.29 is 4.39 Å². The van der Waals surface area contributed by atoms with Crippen molar-refractivity contribution in [1.82, 2.24) is 0 Å². The molecule has 0 atom stereocenters. The van der Waals surface area contributed by atoms with Gasteiger partial charge >= 0.3 is 0 Å². The first-order chi connectivity index (χ1) is 7.16. The Morgan fingerprint density at radius 2 is 1.53 bits per heavy atom. The number of aryl methyl sites for hydroxylation is 1. The van der Waals surface area contributed by atoms with E-state index in [2.05, 4.69) is 0 Å². The summed E-state index contributed by atoms with van der Waals surface area (Å²) in [5.41, 5.74) is 3.19. The SMILES string of the molecule is Cc1ccc(-c2ccc(I)c(F)c2)cc1. The molecular weight excluding hydrogens is 302 g/mol. The molecule has 0 aromatic heterocycles. The molecule has 0 aliphatic heterocycles. The Morgan fingerprint density at radius 3 is 2.13 bits per heavy atom. The van der Waals surface area contributed by atoms with Crippen LogP contribution < -0.4 is 0 Å². The topological polar surface area (TPSA) is 0 Å². The molecule has 2 rings (SSSR count). The summed E-state index contributed by atoms with van der Waals surface area (Å²) < 4.78 is 14.0. The Balaban J connectivity index is 2.45. The van der Waals surface area contributed by atoms with E-state index in [-0.39, 0.29) is 5.82 Å². The van der Waals surface area contributed by atoms with Crippen LogP contribution in [-0.4, -0.2) is 0 Å². The number of hydrogen-bond donors (Lipinski definition) is 0. The van der Waals surface area contributed by atoms with Gasteiger partial charge in [0.2, 0.25) is 0 Å². The van der Waals surface area contributed by atoms with Crippen molar-refractivity contribution in [2.45, 2.75) is 6.92 Å². The van der Waals surface area contributed by atoms with Gasteiger partial charge in [0.25, 0.3) is 0 Å². The van der Waals surface area contributed by atoms with Gasteiger partial charge in [-0.25, -0.2) is 4.39 Å². The van der Waals surface area contributed by atoms with Crippen molar-refractivity contribution in [2.75, 3.05) is 0 Å². The largest absolute Gasteiger partial charge is 0.206 e. The molecule has 2 aromatic rings. The van der Waals surface area contributed by atoms with Gasteiger partial charge in [-0.1, -0.05) is 35.9 Å². The maximum atomic E-state index is 13.3. The van der Waals surface area contributed by atoms with Gasteiger partial charge in [0, 0.05) is 3.57 Å². The zero-order valence-corrected chi connectivity index (χ0v) is 10.5. The molecule has 76 valence electrons. The third-order valence-electron chi connectivity index (χ3n) is 2.30. The summed E-state index contributed by atoms with van der Waals surface area (Å²) in [7, 11) is 0. The molecule has 0 spiro atoms. The van der Waals surface area contributed by atoms with Gasteiger partial charge in [-0.15, -0.1) is 0 Å². The van der Waals surface area contributed by atoms with Crippen molar-refractivity contribution in [2.24, 2.45) is 0 Å². The van der Waals surface area contributed by atoms with E-state index >= 15 is 0 Å². The third-order valence-corrected chi connectivity index (χ3v) is 3.18. The van der Waals surface area contributed by atoms with Gasteiger partial charge in [-0.3, -0.25) is 0 Å². The first-order valence-electron chi connectivity index (χ1n) is 4.69. The van der Waals surface area contributed by atoms with E-state index in [1.165, 1.54) is 5.56 Å². The van der Waals surface area contributed by atoms with Crippen LogP contribution in [0.15, 0.2) is 42.5 Å². The summed E-state index contributed by atoms with van der Waals surface area (Å²) in [5.74, 6) is -0.159. The summed E-state index contributed by atoms with van der Waals surface area (Å²) in [6.07, 6.45) is 0. The van der Waals surface area contributed by atoms with E-state index in [9.17, 15) is 4.39 Å². The minimum Gasteiger partial charge on any atom is -0.206 e. The average Bonchev–Trinajstić information content (AvgIpc) is 2.23. The number of hydrogen-bond acceptors (Lipinski definition) is 0. The molecule has 0 saturated heterocycles. The second-order valence-electron chi connectivity index (χ2n) is 3.49. The Morgan fingerprint density at radius 1 is 0.933 bits per heavy atom. The molecule has 15 heavy (non-hydrogen) atoms. The molecule has 0 aliphatic rings. The quantitative estimate of drug-likeness (QED) is 0.685.